The molecule has 0 unspecified atom stereocenters. The first-order valence-electron chi connectivity index (χ1n) is 6.72. The van der Waals surface area contributed by atoms with Gasteiger partial charge in [0.2, 0.25) is 0 Å². The highest BCUT2D eigenvalue weighted by atomic mass is 16.5. The Bertz CT molecular complexity index is 540. The number of likely N-dealkylation sites (tertiary alicyclic amines) is 1. The monoisotopic (exact) mass is 280 g/mol. The summed E-state index contributed by atoms with van der Waals surface area (Å²) in [5.74, 6) is 0.0863. The number of rotatable bonds is 4. The molecule has 110 valence electrons. The fraction of sp³-hybridized carbons (Fsp3) is 0.571. The topological polar surface area (TPSA) is 71.8 Å². The van der Waals surface area contributed by atoms with Crippen LogP contribution in [0.2, 0.25) is 0 Å². The van der Waals surface area contributed by atoms with Gasteiger partial charge in [-0.2, -0.15) is 0 Å². The zero-order chi connectivity index (χ0) is 14.7. The molecular formula is C14H20N2O4. The van der Waals surface area contributed by atoms with Crippen LogP contribution in [0.15, 0.2) is 21.3 Å². The number of hydrogen-bond acceptors (Lipinski definition) is 5. The van der Waals surface area contributed by atoms with Gasteiger partial charge in [-0.05, 0) is 20.9 Å². The van der Waals surface area contributed by atoms with Crippen molar-refractivity contribution < 1.29 is 13.9 Å². The molecule has 1 fully saturated rings. The maximum Gasteiger partial charge on any atom is 0.287 e. The Kier molecular flexibility index (Phi) is 4.57. The van der Waals surface area contributed by atoms with Gasteiger partial charge in [-0.25, -0.2) is 0 Å². The number of aryl methyl sites for hydroxylation is 1. The molecule has 1 aromatic rings. The van der Waals surface area contributed by atoms with E-state index in [0.717, 1.165) is 6.54 Å². The summed E-state index contributed by atoms with van der Waals surface area (Å²) in [4.78, 5) is 25.6. The van der Waals surface area contributed by atoms with Crippen LogP contribution in [0.25, 0.3) is 0 Å². The molecule has 0 saturated carbocycles. The Morgan fingerprint density at radius 2 is 2.25 bits per heavy atom. The normalized spacial score (nSPS) is 22.9. The minimum Gasteiger partial charge on any atom is -0.456 e. The molecule has 2 heterocycles. The van der Waals surface area contributed by atoms with Crippen LogP contribution < -0.4 is 10.7 Å². The zero-order valence-electron chi connectivity index (χ0n) is 12.0. The number of carbonyl (C=O) groups is 1. The van der Waals surface area contributed by atoms with Crippen LogP contribution in [0.5, 0.6) is 0 Å². The molecule has 6 heteroatoms. The van der Waals surface area contributed by atoms with E-state index in [-0.39, 0.29) is 29.2 Å². The van der Waals surface area contributed by atoms with Gasteiger partial charge in [0.15, 0.2) is 11.2 Å². The second kappa shape index (κ2) is 6.19. The Labute approximate surface area is 117 Å². The van der Waals surface area contributed by atoms with Gasteiger partial charge in [-0.1, -0.05) is 0 Å². The van der Waals surface area contributed by atoms with E-state index in [0.29, 0.717) is 18.9 Å². The summed E-state index contributed by atoms with van der Waals surface area (Å²) in [6, 6.07) is 2.46. The summed E-state index contributed by atoms with van der Waals surface area (Å²) in [7, 11) is 1.98. The molecule has 1 N–H and O–H groups in total. The maximum absolute atomic E-state index is 12.1. The quantitative estimate of drug-likeness (QED) is 0.864. The fourth-order valence-electron chi connectivity index (χ4n) is 2.44. The Morgan fingerprint density at radius 1 is 1.50 bits per heavy atom. The van der Waals surface area contributed by atoms with E-state index < -0.39 is 0 Å². The Balaban J connectivity index is 2.08. The van der Waals surface area contributed by atoms with Crippen LogP contribution in [-0.4, -0.2) is 49.7 Å². The molecule has 1 aliphatic heterocycles. The van der Waals surface area contributed by atoms with E-state index in [1.807, 2.05) is 14.0 Å². The third kappa shape index (κ3) is 3.46. The molecule has 20 heavy (non-hydrogen) atoms. The van der Waals surface area contributed by atoms with E-state index in [4.69, 9.17) is 9.15 Å². The number of ether oxygens (including phenoxy) is 1. The highest BCUT2D eigenvalue weighted by molar-refractivity contribution is 5.91. The molecule has 1 aliphatic rings. The van der Waals surface area contributed by atoms with Crippen molar-refractivity contribution in [2.75, 3.05) is 26.7 Å². The second-order valence-electron chi connectivity index (χ2n) is 5.06. The lowest BCUT2D eigenvalue weighted by molar-refractivity contribution is 0.0506. The Morgan fingerprint density at radius 3 is 2.90 bits per heavy atom. The van der Waals surface area contributed by atoms with Crippen molar-refractivity contribution in [3.8, 4) is 0 Å². The number of likely N-dealkylation sites (N-methyl/N-ethyl adjacent to an activating group) is 1. The number of carbonyl (C=O) groups excluding carboxylic acids is 1. The molecule has 1 saturated heterocycles. The predicted molar refractivity (Wildman–Crippen MR) is 73.9 cm³/mol. The lowest BCUT2D eigenvalue weighted by Gasteiger charge is -2.19. The van der Waals surface area contributed by atoms with Crippen molar-refractivity contribution in [1.82, 2.24) is 10.2 Å². The van der Waals surface area contributed by atoms with Crippen molar-refractivity contribution in [2.24, 2.45) is 0 Å². The SMILES string of the molecule is CCO[C@H]1CN(C)C[C@@H]1NC(=O)c1cc(=O)cc(C)o1. The van der Waals surface area contributed by atoms with Crippen LogP contribution in [0.4, 0.5) is 0 Å². The highest BCUT2D eigenvalue weighted by Crippen LogP contribution is 2.12. The van der Waals surface area contributed by atoms with E-state index in [1.54, 1.807) is 6.92 Å². The van der Waals surface area contributed by atoms with Gasteiger partial charge in [0.05, 0.1) is 12.1 Å². The van der Waals surface area contributed by atoms with Crippen LogP contribution in [0, 0.1) is 6.92 Å². The average molecular weight is 280 g/mol. The van der Waals surface area contributed by atoms with Gasteiger partial charge in [0, 0.05) is 31.8 Å². The van der Waals surface area contributed by atoms with Crippen LogP contribution >= 0.6 is 0 Å². The van der Waals surface area contributed by atoms with Crippen molar-refractivity contribution in [3.63, 3.8) is 0 Å². The third-order valence-corrected chi connectivity index (χ3v) is 3.26. The van der Waals surface area contributed by atoms with Gasteiger partial charge >= 0.3 is 0 Å². The average Bonchev–Trinajstić information content (AvgIpc) is 2.68. The van der Waals surface area contributed by atoms with E-state index in [1.165, 1.54) is 12.1 Å². The lowest BCUT2D eigenvalue weighted by Crippen LogP contribution is -2.44. The maximum atomic E-state index is 12.1. The summed E-state index contributed by atoms with van der Waals surface area (Å²) < 4.78 is 10.9. The molecule has 2 atom stereocenters. The zero-order valence-corrected chi connectivity index (χ0v) is 12.0. The van der Waals surface area contributed by atoms with E-state index in [9.17, 15) is 9.59 Å². The van der Waals surface area contributed by atoms with Crippen molar-refractivity contribution in [3.05, 3.63) is 33.9 Å². The van der Waals surface area contributed by atoms with Gasteiger partial charge in [0.25, 0.3) is 5.91 Å². The molecule has 2 rings (SSSR count). The van der Waals surface area contributed by atoms with Crippen LogP contribution in [-0.2, 0) is 4.74 Å². The van der Waals surface area contributed by atoms with Crippen molar-refractivity contribution >= 4 is 5.91 Å². The van der Waals surface area contributed by atoms with Gasteiger partial charge in [0.1, 0.15) is 5.76 Å². The first kappa shape index (κ1) is 14.7. The molecule has 0 aromatic carbocycles. The molecule has 1 amide bonds. The number of nitrogens with one attached hydrogen (secondary N) is 1. The number of amides is 1. The highest BCUT2D eigenvalue weighted by Gasteiger charge is 2.33. The summed E-state index contributed by atoms with van der Waals surface area (Å²) in [5, 5.41) is 2.88. The van der Waals surface area contributed by atoms with Gasteiger partial charge in [-0.15, -0.1) is 0 Å². The molecular weight excluding hydrogens is 260 g/mol. The minimum atomic E-state index is -0.379. The van der Waals surface area contributed by atoms with Crippen LogP contribution in [0.1, 0.15) is 23.2 Å². The molecule has 1 aromatic heterocycles. The summed E-state index contributed by atoms with van der Waals surface area (Å²) in [6.45, 7) is 5.66. The molecule has 0 radical (unpaired) electrons. The van der Waals surface area contributed by atoms with Gasteiger partial charge < -0.3 is 19.4 Å². The molecule has 0 aliphatic carbocycles. The van der Waals surface area contributed by atoms with Gasteiger partial charge in [-0.3, -0.25) is 9.59 Å². The van der Waals surface area contributed by atoms with E-state index >= 15 is 0 Å². The largest absolute Gasteiger partial charge is 0.456 e. The van der Waals surface area contributed by atoms with Crippen molar-refractivity contribution in [2.45, 2.75) is 26.0 Å². The number of nitrogens with zero attached hydrogens (tertiary/aromatic N) is 1. The van der Waals surface area contributed by atoms with E-state index in [2.05, 4.69) is 10.2 Å². The molecule has 0 bridgehead atoms. The number of hydrogen-bond donors (Lipinski definition) is 1. The first-order valence-corrected chi connectivity index (χ1v) is 6.72. The summed E-state index contributed by atoms with van der Waals surface area (Å²) in [6.07, 6.45) is -0.0366. The second-order valence-corrected chi connectivity index (χ2v) is 5.06. The fourth-order valence-corrected chi connectivity index (χ4v) is 2.44. The standard InChI is InChI=1S/C14H20N2O4/c1-4-19-13-8-16(3)7-11(13)15-14(18)12-6-10(17)5-9(2)20-12/h5-6,11,13H,4,7-8H2,1-3H3,(H,15,18)/t11-,13-/m0/s1. The molecule has 0 spiro atoms. The first-order chi connectivity index (χ1) is 9.49. The smallest absolute Gasteiger partial charge is 0.287 e. The predicted octanol–water partition coefficient (Wildman–Crippen LogP) is 0.397. The molecule has 6 nitrogen and oxygen atoms in total. The van der Waals surface area contributed by atoms with Crippen LogP contribution in [0.3, 0.4) is 0 Å². The minimum absolute atomic E-state index is 0.0366. The third-order valence-electron chi connectivity index (χ3n) is 3.26. The van der Waals surface area contributed by atoms with Crippen molar-refractivity contribution in [1.29, 1.82) is 0 Å². The Hall–Kier alpha value is -1.66. The summed E-state index contributed by atoms with van der Waals surface area (Å²) >= 11 is 0. The lowest BCUT2D eigenvalue weighted by atomic mass is 10.2. The summed E-state index contributed by atoms with van der Waals surface area (Å²) in [5.41, 5.74) is -0.233.